The molecule has 108 valence electrons. The van der Waals surface area contributed by atoms with Crippen molar-refractivity contribution in [2.75, 3.05) is 19.6 Å². The van der Waals surface area contributed by atoms with Gasteiger partial charge in [0.05, 0.1) is 6.54 Å². The molecular weight excluding hydrogens is 282 g/mol. The van der Waals surface area contributed by atoms with Crippen molar-refractivity contribution in [1.82, 2.24) is 10.4 Å². The zero-order chi connectivity index (χ0) is 13.9. The van der Waals surface area contributed by atoms with Gasteiger partial charge in [0.25, 0.3) is 0 Å². The summed E-state index contributed by atoms with van der Waals surface area (Å²) in [5.41, 5.74) is 3.88. The van der Waals surface area contributed by atoms with Gasteiger partial charge in [-0.25, -0.2) is 15.3 Å². The summed E-state index contributed by atoms with van der Waals surface area (Å²) >= 11 is 1.77. The number of amidine groups is 1. The Kier molecular flexibility index (Phi) is 2.48. The SMILES string of the molecule is c1cc2ccc(C3=NC4(CN5CCC4CC5)ON3)cc2s1. The van der Waals surface area contributed by atoms with E-state index in [1.807, 2.05) is 0 Å². The van der Waals surface area contributed by atoms with Gasteiger partial charge in [0.15, 0.2) is 5.84 Å². The lowest BCUT2D eigenvalue weighted by Gasteiger charge is -2.47. The highest BCUT2D eigenvalue weighted by Gasteiger charge is 2.51. The van der Waals surface area contributed by atoms with Crippen LogP contribution in [0, 0.1) is 5.92 Å². The molecule has 3 saturated heterocycles. The molecule has 4 aliphatic heterocycles. The van der Waals surface area contributed by atoms with Crippen LogP contribution in [0.3, 0.4) is 0 Å². The van der Waals surface area contributed by atoms with E-state index >= 15 is 0 Å². The van der Waals surface area contributed by atoms with Gasteiger partial charge in [-0.1, -0.05) is 12.1 Å². The minimum absolute atomic E-state index is 0.351. The standard InChI is InChI=1S/C16H17N3OS/c1-2-12(9-14-11(1)5-8-21-14)15-17-16(20-18-15)10-19-6-3-13(16)4-7-19/h1-2,5,8-9,13H,3-4,6-7,10H2,(H,17,18). The van der Waals surface area contributed by atoms with Crippen molar-refractivity contribution in [1.29, 1.82) is 0 Å². The maximum atomic E-state index is 5.98. The van der Waals surface area contributed by atoms with Crippen molar-refractivity contribution < 1.29 is 4.84 Å². The van der Waals surface area contributed by atoms with E-state index in [9.17, 15) is 0 Å². The van der Waals surface area contributed by atoms with Gasteiger partial charge in [-0.2, -0.15) is 0 Å². The number of rotatable bonds is 1. The van der Waals surface area contributed by atoms with E-state index in [2.05, 4.69) is 40.0 Å². The minimum Gasteiger partial charge on any atom is -0.298 e. The van der Waals surface area contributed by atoms with Gasteiger partial charge in [0.2, 0.25) is 5.72 Å². The lowest BCUT2D eigenvalue weighted by atomic mass is 9.81. The van der Waals surface area contributed by atoms with Crippen molar-refractivity contribution in [3.05, 3.63) is 35.2 Å². The van der Waals surface area contributed by atoms with Crippen LogP contribution < -0.4 is 5.48 Å². The molecule has 0 saturated carbocycles. The fraction of sp³-hybridized carbons (Fsp3) is 0.438. The molecule has 1 atom stereocenters. The zero-order valence-corrected chi connectivity index (χ0v) is 12.5. The van der Waals surface area contributed by atoms with Crippen LogP contribution in [0.15, 0.2) is 34.6 Å². The number of benzene rings is 1. The van der Waals surface area contributed by atoms with E-state index in [1.165, 1.54) is 36.0 Å². The van der Waals surface area contributed by atoms with Crippen molar-refractivity contribution in [3.63, 3.8) is 0 Å². The molecule has 1 aromatic heterocycles. The molecule has 5 heteroatoms. The van der Waals surface area contributed by atoms with Gasteiger partial charge in [0.1, 0.15) is 0 Å². The normalized spacial score (nSPS) is 34.4. The molecule has 21 heavy (non-hydrogen) atoms. The highest BCUT2D eigenvalue weighted by atomic mass is 32.1. The Morgan fingerprint density at radius 2 is 2.19 bits per heavy atom. The summed E-state index contributed by atoms with van der Waals surface area (Å²) in [5, 5.41) is 3.42. The number of nitrogens with one attached hydrogen (secondary N) is 1. The molecule has 0 amide bonds. The average Bonchev–Trinajstić information content (AvgIpc) is 3.15. The van der Waals surface area contributed by atoms with Crippen LogP contribution in [0.25, 0.3) is 10.1 Å². The second-order valence-corrected chi connectivity index (χ2v) is 7.18. The summed E-state index contributed by atoms with van der Waals surface area (Å²) in [4.78, 5) is 13.4. The summed E-state index contributed by atoms with van der Waals surface area (Å²) in [6.45, 7) is 3.32. The quantitative estimate of drug-likeness (QED) is 0.879. The smallest absolute Gasteiger partial charge is 0.202 e. The Morgan fingerprint density at radius 3 is 3.00 bits per heavy atom. The van der Waals surface area contributed by atoms with E-state index in [1.54, 1.807) is 11.3 Å². The molecule has 4 aliphatic rings. The molecule has 1 unspecified atom stereocenters. The summed E-state index contributed by atoms with van der Waals surface area (Å²) in [5.74, 6) is 1.44. The first-order chi connectivity index (χ1) is 10.3. The van der Waals surface area contributed by atoms with Crippen LogP contribution in [-0.2, 0) is 4.84 Å². The van der Waals surface area contributed by atoms with E-state index in [0.717, 1.165) is 17.9 Å². The van der Waals surface area contributed by atoms with E-state index in [-0.39, 0.29) is 5.72 Å². The predicted molar refractivity (Wildman–Crippen MR) is 84.5 cm³/mol. The maximum absolute atomic E-state index is 5.98. The molecule has 0 radical (unpaired) electrons. The fourth-order valence-corrected chi connectivity index (χ4v) is 4.66. The summed E-state index contributed by atoms with van der Waals surface area (Å²) in [7, 11) is 0. The molecular formula is C16H17N3OS. The molecule has 4 nitrogen and oxygen atoms in total. The molecule has 2 bridgehead atoms. The van der Waals surface area contributed by atoms with E-state index in [0.29, 0.717) is 5.92 Å². The summed E-state index contributed by atoms with van der Waals surface area (Å²) < 4.78 is 1.30. The van der Waals surface area contributed by atoms with Crippen LogP contribution in [0.1, 0.15) is 18.4 Å². The molecule has 1 aromatic carbocycles. The highest BCUT2D eigenvalue weighted by Crippen LogP contribution is 2.41. The first-order valence-corrected chi connectivity index (χ1v) is 8.44. The topological polar surface area (TPSA) is 36.9 Å². The van der Waals surface area contributed by atoms with Crippen LogP contribution in [0.2, 0.25) is 0 Å². The number of piperidine rings is 3. The maximum Gasteiger partial charge on any atom is 0.202 e. The molecule has 1 spiro atoms. The second kappa shape index (κ2) is 4.29. The van der Waals surface area contributed by atoms with Crippen LogP contribution in [-0.4, -0.2) is 36.1 Å². The number of fused-ring (bicyclic) bond motifs is 3. The summed E-state index contributed by atoms with van der Waals surface area (Å²) in [6, 6.07) is 8.64. The highest BCUT2D eigenvalue weighted by molar-refractivity contribution is 7.17. The van der Waals surface area contributed by atoms with Crippen molar-refractivity contribution in [3.8, 4) is 0 Å². The molecule has 1 N–H and O–H groups in total. The second-order valence-electron chi connectivity index (χ2n) is 6.23. The van der Waals surface area contributed by atoms with Gasteiger partial charge < -0.3 is 0 Å². The van der Waals surface area contributed by atoms with Gasteiger partial charge in [-0.05, 0) is 48.8 Å². The van der Waals surface area contributed by atoms with Gasteiger partial charge in [0, 0.05) is 16.2 Å². The van der Waals surface area contributed by atoms with Crippen LogP contribution >= 0.6 is 11.3 Å². The third-order valence-electron chi connectivity index (χ3n) is 5.03. The number of hydrogen-bond acceptors (Lipinski definition) is 5. The number of hydrogen-bond donors (Lipinski definition) is 1. The Bertz CT molecular complexity index is 732. The monoisotopic (exact) mass is 299 g/mol. The third kappa shape index (κ3) is 1.78. The first-order valence-electron chi connectivity index (χ1n) is 7.56. The Balaban J connectivity index is 1.53. The lowest BCUT2D eigenvalue weighted by Crippen LogP contribution is -2.58. The van der Waals surface area contributed by atoms with E-state index in [4.69, 9.17) is 9.83 Å². The Labute approximate surface area is 127 Å². The molecule has 5 heterocycles. The molecule has 3 fully saturated rings. The number of aliphatic imine (C=N–C) groups is 1. The lowest BCUT2D eigenvalue weighted by molar-refractivity contribution is -0.155. The third-order valence-corrected chi connectivity index (χ3v) is 5.91. The predicted octanol–water partition coefficient (Wildman–Crippen LogP) is 2.60. The minimum atomic E-state index is -0.351. The largest absolute Gasteiger partial charge is 0.298 e. The van der Waals surface area contributed by atoms with E-state index < -0.39 is 0 Å². The fourth-order valence-electron chi connectivity index (χ4n) is 3.83. The molecule has 0 aliphatic carbocycles. The zero-order valence-electron chi connectivity index (χ0n) is 11.7. The number of hydroxylamine groups is 1. The van der Waals surface area contributed by atoms with Gasteiger partial charge in [-0.15, -0.1) is 11.3 Å². The number of nitrogens with zero attached hydrogens (tertiary/aromatic N) is 2. The van der Waals surface area contributed by atoms with Crippen molar-refractivity contribution in [2.24, 2.45) is 10.9 Å². The summed E-state index contributed by atoms with van der Waals surface area (Å²) in [6.07, 6.45) is 2.39. The van der Waals surface area contributed by atoms with Crippen LogP contribution in [0.5, 0.6) is 0 Å². The van der Waals surface area contributed by atoms with Crippen LogP contribution in [0.4, 0.5) is 0 Å². The average molecular weight is 299 g/mol. The van der Waals surface area contributed by atoms with Crippen molar-refractivity contribution >= 4 is 27.3 Å². The van der Waals surface area contributed by atoms with Crippen molar-refractivity contribution in [2.45, 2.75) is 18.6 Å². The Morgan fingerprint density at radius 1 is 1.29 bits per heavy atom. The van der Waals surface area contributed by atoms with Gasteiger partial charge >= 0.3 is 0 Å². The molecule has 6 rings (SSSR count). The Hall–Kier alpha value is -1.43. The molecule has 2 aromatic rings. The van der Waals surface area contributed by atoms with Gasteiger partial charge in [-0.3, -0.25) is 4.90 Å². The number of thiophene rings is 1. The first kappa shape index (κ1) is 12.1.